The summed E-state index contributed by atoms with van der Waals surface area (Å²) in [6.45, 7) is 4.10. The van der Waals surface area contributed by atoms with Gasteiger partial charge in [0.05, 0.1) is 5.02 Å². The zero-order valence-corrected chi connectivity index (χ0v) is 13.0. The van der Waals surface area contributed by atoms with Gasteiger partial charge in [-0.05, 0) is 30.9 Å². The van der Waals surface area contributed by atoms with Crippen molar-refractivity contribution in [2.75, 3.05) is 26.2 Å². The molecule has 0 spiro atoms. The van der Waals surface area contributed by atoms with E-state index in [0.29, 0.717) is 17.0 Å². The molecule has 1 aromatic rings. The van der Waals surface area contributed by atoms with E-state index in [1.807, 2.05) is 6.07 Å². The van der Waals surface area contributed by atoms with E-state index in [9.17, 15) is 5.11 Å². The van der Waals surface area contributed by atoms with E-state index in [2.05, 4.69) is 26.1 Å². The van der Waals surface area contributed by atoms with Crippen molar-refractivity contribution in [3.8, 4) is 5.75 Å². The van der Waals surface area contributed by atoms with Gasteiger partial charge in [-0.2, -0.15) is 0 Å². The lowest BCUT2D eigenvalue weighted by atomic mass is 9.98. The average Bonchev–Trinajstić information content (AvgIpc) is 3.21. The Kier molecular flexibility index (Phi) is 4.03. The van der Waals surface area contributed by atoms with E-state index in [0.717, 1.165) is 36.2 Å². The number of piperazine rings is 1. The molecule has 1 aromatic carbocycles. The highest BCUT2D eigenvalue weighted by Crippen LogP contribution is 2.48. The molecule has 0 aromatic heterocycles. The molecular formula is C14H18BrClN2O. The number of phenols is 1. The molecule has 1 saturated carbocycles. The standard InChI is InChI=1S/C14H18BrClN2O/c15-10-7-11(14(19)12(16)8-10)13(9-1-2-9)18-5-3-17-4-6-18/h7-9,13,17,19H,1-6H2/t13-/m0/s1. The molecule has 1 saturated heterocycles. The number of nitrogens with one attached hydrogen (secondary N) is 1. The molecule has 1 aliphatic heterocycles. The van der Waals surface area contributed by atoms with E-state index in [-0.39, 0.29) is 5.75 Å². The molecule has 5 heteroatoms. The van der Waals surface area contributed by atoms with Crippen LogP contribution in [0.25, 0.3) is 0 Å². The van der Waals surface area contributed by atoms with Gasteiger partial charge in [0, 0.05) is 42.3 Å². The number of hydrogen-bond acceptors (Lipinski definition) is 3. The van der Waals surface area contributed by atoms with Crippen LogP contribution in [0.1, 0.15) is 24.4 Å². The number of halogens is 2. The highest BCUT2D eigenvalue weighted by atomic mass is 79.9. The van der Waals surface area contributed by atoms with Crippen molar-refractivity contribution in [3.63, 3.8) is 0 Å². The highest BCUT2D eigenvalue weighted by Gasteiger charge is 2.38. The molecule has 0 unspecified atom stereocenters. The van der Waals surface area contributed by atoms with Gasteiger partial charge < -0.3 is 10.4 Å². The Hall–Kier alpha value is -0.290. The summed E-state index contributed by atoms with van der Waals surface area (Å²) in [6.07, 6.45) is 2.50. The van der Waals surface area contributed by atoms with Crippen molar-refractivity contribution in [2.24, 2.45) is 5.92 Å². The summed E-state index contributed by atoms with van der Waals surface area (Å²) in [5.74, 6) is 0.912. The maximum absolute atomic E-state index is 10.3. The highest BCUT2D eigenvalue weighted by molar-refractivity contribution is 9.10. The third kappa shape index (κ3) is 2.92. The summed E-state index contributed by atoms with van der Waals surface area (Å²) in [7, 11) is 0. The molecule has 0 amide bonds. The Morgan fingerprint density at radius 3 is 2.63 bits per heavy atom. The second-order valence-corrected chi connectivity index (χ2v) is 6.72. The maximum Gasteiger partial charge on any atom is 0.139 e. The van der Waals surface area contributed by atoms with Gasteiger partial charge in [-0.25, -0.2) is 0 Å². The van der Waals surface area contributed by atoms with E-state index in [1.54, 1.807) is 6.07 Å². The first kappa shape index (κ1) is 13.7. The Morgan fingerprint density at radius 2 is 2.00 bits per heavy atom. The van der Waals surface area contributed by atoms with Crippen LogP contribution in [0.4, 0.5) is 0 Å². The minimum atomic E-state index is 0.250. The minimum absolute atomic E-state index is 0.250. The molecule has 2 fully saturated rings. The summed E-state index contributed by atoms with van der Waals surface area (Å²) < 4.78 is 0.936. The van der Waals surface area contributed by atoms with E-state index in [4.69, 9.17) is 11.6 Å². The largest absolute Gasteiger partial charge is 0.506 e. The van der Waals surface area contributed by atoms with Crippen LogP contribution in [-0.2, 0) is 0 Å². The fourth-order valence-electron chi connectivity index (χ4n) is 2.93. The zero-order valence-electron chi connectivity index (χ0n) is 10.7. The predicted octanol–water partition coefficient (Wildman–Crippen LogP) is 3.16. The molecule has 1 heterocycles. The van der Waals surface area contributed by atoms with Gasteiger partial charge in [-0.3, -0.25) is 4.90 Å². The molecule has 1 aliphatic carbocycles. The Bertz CT molecular complexity index is 473. The van der Waals surface area contributed by atoms with Crippen LogP contribution in [0.2, 0.25) is 5.02 Å². The fraction of sp³-hybridized carbons (Fsp3) is 0.571. The van der Waals surface area contributed by atoms with Crippen LogP contribution < -0.4 is 5.32 Å². The number of aromatic hydroxyl groups is 1. The van der Waals surface area contributed by atoms with Crippen LogP contribution in [0.3, 0.4) is 0 Å². The van der Waals surface area contributed by atoms with Gasteiger partial charge in [-0.15, -0.1) is 0 Å². The summed E-state index contributed by atoms with van der Waals surface area (Å²) in [4.78, 5) is 2.48. The molecule has 2 N–H and O–H groups in total. The maximum atomic E-state index is 10.3. The molecule has 2 aliphatic rings. The van der Waals surface area contributed by atoms with Gasteiger partial charge in [0.1, 0.15) is 5.75 Å². The lowest BCUT2D eigenvalue weighted by molar-refractivity contribution is 0.153. The lowest BCUT2D eigenvalue weighted by Crippen LogP contribution is -2.45. The van der Waals surface area contributed by atoms with E-state index >= 15 is 0 Å². The second kappa shape index (κ2) is 5.60. The Morgan fingerprint density at radius 1 is 1.32 bits per heavy atom. The van der Waals surface area contributed by atoms with Crippen LogP contribution in [0, 0.1) is 5.92 Å². The third-order valence-electron chi connectivity index (χ3n) is 3.99. The third-order valence-corrected chi connectivity index (χ3v) is 4.74. The summed E-state index contributed by atoms with van der Waals surface area (Å²) in [5, 5.41) is 14.1. The monoisotopic (exact) mass is 344 g/mol. The Labute approximate surface area is 127 Å². The summed E-state index contributed by atoms with van der Waals surface area (Å²) in [6, 6.07) is 4.08. The van der Waals surface area contributed by atoms with E-state index < -0.39 is 0 Å². The topological polar surface area (TPSA) is 35.5 Å². The number of phenolic OH excluding ortho intramolecular Hbond substituents is 1. The van der Waals surface area contributed by atoms with Gasteiger partial charge in [-0.1, -0.05) is 27.5 Å². The summed E-state index contributed by atoms with van der Waals surface area (Å²) in [5.41, 5.74) is 0.976. The number of rotatable bonds is 3. The number of nitrogens with zero attached hydrogens (tertiary/aromatic N) is 1. The molecule has 104 valence electrons. The first-order valence-electron chi connectivity index (χ1n) is 6.79. The first-order valence-corrected chi connectivity index (χ1v) is 7.96. The molecule has 0 bridgehead atoms. The molecule has 0 radical (unpaired) electrons. The summed E-state index contributed by atoms with van der Waals surface area (Å²) >= 11 is 9.60. The predicted molar refractivity (Wildman–Crippen MR) is 80.7 cm³/mol. The van der Waals surface area contributed by atoms with Crippen molar-refractivity contribution >= 4 is 27.5 Å². The zero-order chi connectivity index (χ0) is 13.4. The number of benzene rings is 1. The van der Waals surface area contributed by atoms with Crippen molar-refractivity contribution in [1.29, 1.82) is 0 Å². The molecule has 3 rings (SSSR count). The quantitative estimate of drug-likeness (QED) is 0.883. The molecular weight excluding hydrogens is 328 g/mol. The molecule has 3 nitrogen and oxygen atoms in total. The van der Waals surface area contributed by atoms with Crippen molar-refractivity contribution in [1.82, 2.24) is 10.2 Å². The lowest BCUT2D eigenvalue weighted by Gasteiger charge is -2.36. The van der Waals surface area contributed by atoms with Crippen LogP contribution >= 0.6 is 27.5 Å². The van der Waals surface area contributed by atoms with Crippen molar-refractivity contribution in [3.05, 3.63) is 27.2 Å². The van der Waals surface area contributed by atoms with Gasteiger partial charge in [0.25, 0.3) is 0 Å². The SMILES string of the molecule is Oc1c(Cl)cc(Br)cc1[C@H](C1CC1)N1CCNCC1. The Balaban J connectivity index is 1.95. The average molecular weight is 346 g/mol. The first-order chi connectivity index (χ1) is 9.16. The van der Waals surface area contributed by atoms with Crippen LogP contribution in [0.15, 0.2) is 16.6 Å². The van der Waals surface area contributed by atoms with Crippen molar-refractivity contribution < 1.29 is 5.11 Å². The second-order valence-electron chi connectivity index (χ2n) is 5.39. The van der Waals surface area contributed by atoms with Crippen LogP contribution in [-0.4, -0.2) is 36.2 Å². The van der Waals surface area contributed by atoms with E-state index in [1.165, 1.54) is 12.8 Å². The van der Waals surface area contributed by atoms with Crippen LogP contribution in [0.5, 0.6) is 5.75 Å². The molecule has 1 atom stereocenters. The minimum Gasteiger partial charge on any atom is -0.506 e. The normalized spacial score (nSPS) is 22.4. The fourth-order valence-corrected chi connectivity index (χ4v) is 3.77. The number of hydrogen-bond donors (Lipinski definition) is 2. The molecule has 19 heavy (non-hydrogen) atoms. The smallest absolute Gasteiger partial charge is 0.139 e. The van der Waals surface area contributed by atoms with Gasteiger partial charge >= 0.3 is 0 Å². The van der Waals surface area contributed by atoms with Crippen molar-refractivity contribution in [2.45, 2.75) is 18.9 Å². The van der Waals surface area contributed by atoms with Gasteiger partial charge in [0.15, 0.2) is 0 Å². The van der Waals surface area contributed by atoms with Gasteiger partial charge in [0.2, 0.25) is 0 Å².